The number of amides is 1. The summed E-state index contributed by atoms with van der Waals surface area (Å²) < 4.78 is 0. The highest BCUT2D eigenvalue weighted by Gasteiger charge is 2.57. The van der Waals surface area contributed by atoms with Gasteiger partial charge in [-0.1, -0.05) is 6.92 Å². The van der Waals surface area contributed by atoms with Crippen molar-refractivity contribution in [2.24, 2.45) is 5.41 Å². The molecule has 1 aliphatic carbocycles. The Bertz CT molecular complexity index is 528. The number of aliphatic hydroxyl groups is 1. The van der Waals surface area contributed by atoms with Crippen molar-refractivity contribution in [2.75, 3.05) is 13.1 Å². The number of carbonyl (C=O) groups excluding carboxylic acids is 1. The zero-order valence-electron chi connectivity index (χ0n) is 12.9. The van der Waals surface area contributed by atoms with E-state index in [9.17, 15) is 9.90 Å². The maximum atomic E-state index is 12.5. The van der Waals surface area contributed by atoms with E-state index in [0.717, 1.165) is 50.9 Å². The maximum absolute atomic E-state index is 12.5. The Morgan fingerprint density at radius 3 is 2.48 bits per heavy atom. The van der Waals surface area contributed by atoms with Gasteiger partial charge in [0.05, 0.1) is 11.2 Å². The third-order valence-electron chi connectivity index (χ3n) is 5.76. The fourth-order valence-corrected chi connectivity index (χ4v) is 3.95. The van der Waals surface area contributed by atoms with E-state index in [0.29, 0.717) is 5.56 Å². The van der Waals surface area contributed by atoms with Crippen molar-refractivity contribution < 1.29 is 9.90 Å². The van der Waals surface area contributed by atoms with Gasteiger partial charge >= 0.3 is 0 Å². The number of nitrogens with zero attached hydrogens (tertiary/aromatic N) is 2. The molecule has 21 heavy (non-hydrogen) atoms. The maximum Gasteiger partial charge on any atom is 0.255 e. The van der Waals surface area contributed by atoms with Crippen LogP contribution >= 0.6 is 0 Å². The number of hydrogen-bond acceptors (Lipinski definition) is 3. The van der Waals surface area contributed by atoms with Gasteiger partial charge in [-0.15, -0.1) is 0 Å². The average Bonchev–Trinajstić information content (AvgIpc) is 2.53. The minimum atomic E-state index is -0.493. The van der Waals surface area contributed by atoms with E-state index in [1.54, 1.807) is 6.20 Å². The Kier molecular flexibility index (Phi) is 3.52. The van der Waals surface area contributed by atoms with E-state index in [4.69, 9.17) is 0 Å². The van der Waals surface area contributed by atoms with Crippen LogP contribution in [0, 0.1) is 12.3 Å². The van der Waals surface area contributed by atoms with Crippen LogP contribution in [0.5, 0.6) is 0 Å². The number of aryl methyl sites for hydroxylation is 1. The molecule has 1 N–H and O–H groups in total. The average molecular weight is 288 g/mol. The Labute approximate surface area is 126 Å². The Morgan fingerprint density at radius 2 is 2.00 bits per heavy atom. The van der Waals surface area contributed by atoms with Crippen molar-refractivity contribution in [2.45, 2.75) is 51.6 Å². The second-order valence-electron chi connectivity index (χ2n) is 6.65. The topological polar surface area (TPSA) is 53.4 Å². The predicted octanol–water partition coefficient (Wildman–Crippen LogP) is 2.55. The van der Waals surface area contributed by atoms with Gasteiger partial charge in [0.1, 0.15) is 0 Å². The fourth-order valence-electron chi connectivity index (χ4n) is 3.95. The molecule has 2 aliphatic rings. The lowest BCUT2D eigenvalue weighted by Gasteiger charge is -2.59. The van der Waals surface area contributed by atoms with Gasteiger partial charge in [-0.2, -0.15) is 0 Å². The number of carbonyl (C=O) groups is 1. The first-order valence-electron chi connectivity index (χ1n) is 7.94. The summed E-state index contributed by atoms with van der Waals surface area (Å²) in [7, 11) is 0. The zero-order valence-corrected chi connectivity index (χ0v) is 12.9. The molecule has 0 aromatic carbocycles. The second-order valence-corrected chi connectivity index (χ2v) is 6.65. The quantitative estimate of drug-likeness (QED) is 0.910. The molecule has 2 heterocycles. The van der Waals surface area contributed by atoms with Crippen LogP contribution in [0.15, 0.2) is 18.3 Å². The van der Waals surface area contributed by atoms with E-state index < -0.39 is 5.60 Å². The molecule has 1 aromatic heterocycles. The lowest BCUT2D eigenvalue weighted by Crippen LogP contribution is -2.61. The predicted molar refractivity (Wildman–Crippen MR) is 81.0 cm³/mol. The molecule has 1 atom stereocenters. The number of piperidine rings is 1. The first-order chi connectivity index (χ1) is 10.00. The molecule has 3 rings (SSSR count). The molecule has 0 bridgehead atoms. The van der Waals surface area contributed by atoms with Crippen LogP contribution < -0.4 is 0 Å². The third kappa shape index (κ3) is 2.26. The largest absolute Gasteiger partial charge is 0.389 e. The van der Waals surface area contributed by atoms with Crippen molar-refractivity contribution in [3.8, 4) is 0 Å². The molecular formula is C17H24N2O2. The normalized spacial score (nSPS) is 27.5. The number of likely N-dealkylation sites (tertiary alicyclic amines) is 1. The van der Waals surface area contributed by atoms with Crippen LogP contribution in [0.2, 0.25) is 0 Å². The standard InChI is InChI=1S/C17H24N2O2/c1-3-17(21)7-6-16(17)8-10-19(11-9-16)15(20)14-5-4-13(2)18-12-14/h4-5,12,21H,3,6-11H2,1-2H3. The third-order valence-corrected chi connectivity index (χ3v) is 5.76. The summed E-state index contributed by atoms with van der Waals surface area (Å²) in [6, 6.07) is 3.72. The molecule has 1 unspecified atom stereocenters. The summed E-state index contributed by atoms with van der Waals surface area (Å²) in [5.41, 5.74) is 1.15. The minimum Gasteiger partial charge on any atom is -0.389 e. The van der Waals surface area contributed by atoms with Crippen LogP contribution in [0.25, 0.3) is 0 Å². The molecule has 1 amide bonds. The van der Waals surface area contributed by atoms with Crippen molar-refractivity contribution in [3.63, 3.8) is 0 Å². The summed E-state index contributed by atoms with van der Waals surface area (Å²) in [5, 5.41) is 10.7. The SMILES string of the molecule is CCC1(O)CCC12CCN(C(=O)c1ccc(C)nc1)CC2. The monoisotopic (exact) mass is 288 g/mol. The van der Waals surface area contributed by atoms with Gasteiger partial charge in [-0.3, -0.25) is 9.78 Å². The van der Waals surface area contributed by atoms with Gasteiger partial charge in [0.2, 0.25) is 0 Å². The Morgan fingerprint density at radius 1 is 1.29 bits per heavy atom. The molecule has 1 saturated carbocycles. The van der Waals surface area contributed by atoms with E-state index in [1.165, 1.54) is 0 Å². The van der Waals surface area contributed by atoms with Gasteiger partial charge in [0.25, 0.3) is 5.91 Å². The first-order valence-corrected chi connectivity index (χ1v) is 7.94. The molecule has 0 radical (unpaired) electrons. The van der Waals surface area contributed by atoms with Crippen LogP contribution in [-0.2, 0) is 0 Å². The zero-order chi connectivity index (χ0) is 15.1. The van der Waals surface area contributed by atoms with Crippen LogP contribution in [-0.4, -0.2) is 39.6 Å². The van der Waals surface area contributed by atoms with Crippen molar-refractivity contribution in [1.29, 1.82) is 0 Å². The molecule has 1 saturated heterocycles. The lowest BCUT2D eigenvalue weighted by atomic mass is 9.51. The van der Waals surface area contributed by atoms with Gasteiger partial charge < -0.3 is 10.0 Å². The molecular weight excluding hydrogens is 264 g/mol. The number of pyridine rings is 1. The molecule has 114 valence electrons. The minimum absolute atomic E-state index is 0.0596. The summed E-state index contributed by atoms with van der Waals surface area (Å²) in [5.74, 6) is 0.0664. The van der Waals surface area contributed by atoms with Crippen molar-refractivity contribution in [1.82, 2.24) is 9.88 Å². The van der Waals surface area contributed by atoms with E-state index in [1.807, 2.05) is 24.0 Å². The van der Waals surface area contributed by atoms with E-state index >= 15 is 0 Å². The van der Waals surface area contributed by atoms with Gasteiger partial charge in [0.15, 0.2) is 0 Å². The number of aromatic nitrogens is 1. The van der Waals surface area contributed by atoms with Crippen LogP contribution in [0.3, 0.4) is 0 Å². The van der Waals surface area contributed by atoms with Gasteiger partial charge in [0, 0.05) is 30.4 Å². The van der Waals surface area contributed by atoms with Crippen molar-refractivity contribution in [3.05, 3.63) is 29.6 Å². The molecule has 1 aromatic rings. The first kappa shape index (κ1) is 14.5. The highest BCUT2D eigenvalue weighted by atomic mass is 16.3. The molecule has 1 spiro atoms. The lowest BCUT2D eigenvalue weighted by molar-refractivity contribution is -0.188. The molecule has 4 heteroatoms. The van der Waals surface area contributed by atoms with E-state index in [2.05, 4.69) is 11.9 Å². The van der Waals surface area contributed by atoms with Crippen LogP contribution in [0.4, 0.5) is 0 Å². The fraction of sp³-hybridized carbons (Fsp3) is 0.647. The number of rotatable bonds is 2. The molecule has 4 nitrogen and oxygen atoms in total. The van der Waals surface area contributed by atoms with Gasteiger partial charge in [-0.05, 0) is 51.2 Å². The summed E-state index contributed by atoms with van der Waals surface area (Å²) in [6.45, 7) is 5.47. The van der Waals surface area contributed by atoms with Crippen molar-refractivity contribution >= 4 is 5.91 Å². The summed E-state index contributed by atoms with van der Waals surface area (Å²) >= 11 is 0. The highest BCUT2D eigenvalue weighted by molar-refractivity contribution is 5.94. The highest BCUT2D eigenvalue weighted by Crippen LogP contribution is 2.57. The number of hydrogen-bond donors (Lipinski definition) is 1. The molecule has 2 fully saturated rings. The van der Waals surface area contributed by atoms with Gasteiger partial charge in [-0.25, -0.2) is 0 Å². The van der Waals surface area contributed by atoms with Crippen LogP contribution in [0.1, 0.15) is 55.1 Å². The Hall–Kier alpha value is -1.42. The van der Waals surface area contributed by atoms with E-state index in [-0.39, 0.29) is 11.3 Å². The molecule has 1 aliphatic heterocycles. The smallest absolute Gasteiger partial charge is 0.255 e. The summed E-state index contributed by atoms with van der Waals surface area (Å²) in [6.07, 6.45) is 6.34. The Balaban J connectivity index is 1.66. The summed E-state index contributed by atoms with van der Waals surface area (Å²) in [4.78, 5) is 18.6. The second kappa shape index (κ2) is 5.09.